The quantitative estimate of drug-likeness (QED) is 0.836. The van der Waals surface area contributed by atoms with Crippen LogP contribution < -0.4 is 5.32 Å². The molecule has 0 spiro atoms. The molecule has 0 aromatic heterocycles. The average Bonchev–Trinajstić information content (AvgIpc) is 3.04. The predicted molar refractivity (Wildman–Crippen MR) is 98.2 cm³/mol. The molecule has 0 aliphatic heterocycles. The molecule has 138 valence electrons. The molecule has 1 fully saturated rings. The number of carbonyl (C=O) groups excluding carboxylic acids is 1. The minimum Gasteiger partial charge on any atom is -0.346 e. The molecule has 26 heavy (non-hydrogen) atoms. The van der Waals surface area contributed by atoms with Gasteiger partial charge in [-0.3, -0.25) is 4.79 Å². The van der Waals surface area contributed by atoms with Gasteiger partial charge in [0.1, 0.15) is 11.6 Å². The van der Waals surface area contributed by atoms with Crippen LogP contribution in [0.5, 0.6) is 0 Å². The minimum absolute atomic E-state index is 0.0549. The molecule has 2 aromatic carbocycles. The van der Waals surface area contributed by atoms with E-state index in [1.165, 1.54) is 36.4 Å². The molecule has 1 saturated carbocycles. The lowest BCUT2D eigenvalue weighted by Gasteiger charge is -2.31. The Labute approximate surface area is 157 Å². The van der Waals surface area contributed by atoms with Gasteiger partial charge in [-0.15, -0.1) is 0 Å². The van der Waals surface area contributed by atoms with Crippen molar-refractivity contribution in [2.24, 2.45) is 0 Å². The summed E-state index contributed by atoms with van der Waals surface area (Å²) in [5.74, 6) is -1.55. The van der Waals surface area contributed by atoms with Gasteiger partial charge in [0.15, 0.2) is 9.84 Å². The van der Waals surface area contributed by atoms with Crippen LogP contribution in [0.15, 0.2) is 53.4 Å². The molecule has 1 N–H and O–H groups in total. The fraction of sp³-hybridized carbons (Fsp3) is 0.316. The second-order valence-electron chi connectivity index (χ2n) is 6.56. The highest BCUT2D eigenvalue weighted by Gasteiger charge is 2.37. The zero-order chi connectivity index (χ0) is 18.8. The summed E-state index contributed by atoms with van der Waals surface area (Å²) < 4.78 is 38.1. The molecule has 7 heteroatoms. The van der Waals surface area contributed by atoms with E-state index in [0.29, 0.717) is 17.9 Å². The maximum Gasteiger partial charge on any atom is 0.236 e. The van der Waals surface area contributed by atoms with Crippen molar-refractivity contribution in [3.63, 3.8) is 0 Å². The molecule has 0 heterocycles. The molecule has 0 unspecified atom stereocenters. The molecule has 4 nitrogen and oxygen atoms in total. The Morgan fingerprint density at radius 2 is 1.62 bits per heavy atom. The van der Waals surface area contributed by atoms with Crippen LogP contribution in [0.2, 0.25) is 5.02 Å². The number of hydrogen-bond donors (Lipinski definition) is 1. The lowest BCUT2D eigenvalue weighted by Crippen LogP contribution is -2.46. The van der Waals surface area contributed by atoms with Crippen molar-refractivity contribution in [1.82, 2.24) is 5.32 Å². The summed E-state index contributed by atoms with van der Waals surface area (Å²) in [5, 5.41) is 3.32. The van der Waals surface area contributed by atoms with Gasteiger partial charge in [0.25, 0.3) is 0 Å². The van der Waals surface area contributed by atoms with E-state index in [9.17, 15) is 17.6 Å². The first kappa shape index (κ1) is 18.9. The third-order valence-electron chi connectivity index (χ3n) is 4.73. The van der Waals surface area contributed by atoms with Crippen molar-refractivity contribution in [1.29, 1.82) is 0 Å². The van der Waals surface area contributed by atoms with Crippen LogP contribution in [0.4, 0.5) is 4.39 Å². The van der Waals surface area contributed by atoms with Gasteiger partial charge in [-0.25, -0.2) is 12.8 Å². The van der Waals surface area contributed by atoms with Gasteiger partial charge in [-0.1, -0.05) is 36.6 Å². The Morgan fingerprint density at radius 3 is 2.19 bits per heavy atom. The number of carbonyl (C=O) groups is 1. The van der Waals surface area contributed by atoms with E-state index in [1.54, 1.807) is 12.1 Å². The average molecular weight is 396 g/mol. The number of rotatable bonds is 5. The topological polar surface area (TPSA) is 63.2 Å². The predicted octanol–water partition coefficient (Wildman–Crippen LogP) is 3.84. The van der Waals surface area contributed by atoms with Crippen LogP contribution in [0, 0.1) is 5.82 Å². The summed E-state index contributed by atoms with van der Waals surface area (Å²) in [6, 6.07) is 11.7. The first-order valence-electron chi connectivity index (χ1n) is 8.36. The Kier molecular flexibility index (Phi) is 5.34. The lowest BCUT2D eigenvalue weighted by molar-refractivity contribution is -0.120. The second kappa shape index (κ2) is 7.37. The largest absolute Gasteiger partial charge is 0.346 e. The molecule has 0 atom stereocenters. The van der Waals surface area contributed by atoms with Crippen molar-refractivity contribution in [2.75, 3.05) is 5.75 Å². The highest BCUT2D eigenvalue weighted by atomic mass is 35.5. The Hall–Kier alpha value is -1.92. The van der Waals surface area contributed by atoms with Crippen molar-refractivity contribution >= 4 is 27.3 Å². The maximum absolute atomic E-state index is 13.2. The van der Waals surface area contributed by atoms with Gasteiger partial charge in [0.2, 0.25) is 5.91 Å². The van der Waals surface area contributed by atoms with Gasteiger partial charge in [0.05, 0.1) is 10.4 Å². The van der Waals surface area contributed by atoms with E-state index in [0.717, 1.165) is 18.4 Å². The third-order valence-corrected chi connectivity index (χ3v) is 6.61. The van der Waals surface area contributed by atoms with Crippen molar-refractivity contribution in [3.05, 3.63) is 64.9 Å². The molecular formula is C19H19ClFNO3S. The van der Waals surface area contributed by atoms with Crippen LogP contribution in [-0.4, -0.2) is 20.1 Å². The first-order chi connectivity index (χ1) is 12.3. The smallest absolute Gasteiger partial charge is 0.236 e. The summed E-state index contributed by atoms with van der Waals surface area (Å²) >= 11 is 5.78. The van der Waals surface area contributed by atoms with Crippen molar-refractivity contribution in [2.45, 2.75) is 36.1 Å². The Balaban J connectivity index is 1.78. The second-order valence-corrected chi connectivity index (χ2v) is 8.98. The lowest BCUT2D eigenvalue weighted by atomic mass is 9.88. The van der Waals surface area contributed by atoms with Crippen LogP contribution in [0.3, 0.4) is 0 Å². The summed E-state index contributed by atoms with van der Waals surface area (Å²) in [4.78, 5) is 12.6. The minimum atomic E-state index is -3.76. The number of halogens is 2. The highest BCUT2D eigenvalue weighted by molar-refractivity contribution is 7.92. The van der Waals surface area contributed by atoms with E-state index in [4.69, 9.17) is 11.6 Å². The molecule has 0 bridgehead atoms. The number of nitrogens with one attached hydrogen (secondary N) is 1. The summed E-state index contributed by atoms with van der Waals surface area (Å²) in [6.45, 7) is 0. The maximum atomic E-state index is 13.2. The number of benzene rings is 2. The first-order valence-corrected chi connectivity index (χ1v) is 10.4. The monoisotopic (exact) mass is 395 g/mol. The zero-order valence-corrected chi connectivity index (χ0v) is 15.6. The Morgan fingerprint density at radius 1 is 1.04 bits per heavy atom. The molecule has 0 saturated heterocycles. The summed E-state index contributed by atoms with van der Waals surface area (Å²) in [6.07, 6.45) is 3.24. The third kappa shape index (κ3) is 4.07. The fourth-order valence-electron chi connectivity index (χ4n) is 3.43. The van der Waals surface area contributed by atoms with E-state index in [1.807, 2.05) is 0 Å². The van der Waals surface area contributed by atoms with Gasteiger partial charge in [-0.05, 0) is 54.8 Å². The van der Waals surface area contributed by atoms with Gasteiger partial charge >= 0.3 is 0 Å². The molecule has 2 aromatic rings. The summed E-state index contributed by atoms with van der Waals surface area (Å²) in [7, 11) is -3.76. The van der Waals surface area contributed by atoms with Gasteiger partial charge in [-0.2, -0.15) is 0 Å². The van der Waals surface area contributed by atoms with Crippen molar-refractivity contribution < 1.29 is 17.6 Å². The van der Waals surface area contributed by atoms with Crippen LogP contribution in [-0.2, 0) is 20.2 Å². The Bertz CT molecular complexity index is 889. The van der Waals surface area contributed by atoms with Gasteiger partial charge < -0.3 is 5.32 Å². The zero-order valence-electron chi connectivity index (χ0n) is 14.0. The van der Waals surface area contributed by atoms with Crippen LogP contribution in [0.25, 0.3) is 0 Å². The number of sulfone groups is 1. The van der Waals surface area contributed by atoms with Gasteiger partial charge in [0, 0.05) is 5.02 Å². The molecule has 1 aliphatic carbocycles. The number of hydrogen-bond acceptors (Lipinski definition) is 3. The fourth-order valence-corrected chi connectivity index (χ4v) is 4.69. The standard InChI is InChI=1S/C19H19ClFNO3S/c20-15-5-9-17(10-6-15)26(24,25)13-18(23)22-19(11-1-2-12-19)14-3-7-16(21)8-4-14/h3-10H,1-2,11-13H2,(H,22,23). The van der Waals surface area contributed by atoms with E-state index < -0.39 is 27.0 Å². The van der Waals surface area contributed by atoms with Crippen LogP contribution >= 0.6 is 11.6 Å². The highest BCUT2D eigenvalue weighted by Crippen LogP contribution is 2.38. The molecule has 0 radical (unpaired) electrons. The molecule has 1 amide bonds. The molecule has 3 rings (SSSR count). The van der Waals surface area contributed by atoms with E-state index in [2.05, 4.69) is 5.32 Å². The number of amides is 1. The van der Waals surface area contributed by atoms with E-state index >= 15 is 0 Å². The summed E-state index contributed by atoms with van der Waals surface area (Å²) in [5.41, 5.74) is 0.161. The SMILES string of the molecule is O=C(CS(=O)(=O)c1ccc(Cl)cc1)NC1(c2ccc(F)cc2)CCCC1. The van der Waals surface area contributed by atoms with E-state index in [-0.39, 0.29) is 10.7 Å². The normalized spacial score (nSPS) is 16.4. The molecular weight excluding hydrogens is 377 g/mol. The molecule has 1 aliphatic rings. The van der Waals surface area contributed by atoms with Crippen molar-refractivity contribution in [3.8, 4) is 0 Å². The van der Waals surface area contributed by atoms with Crippen LogP contribution in [0.1, 0.15) is 31.2 Å².